The summed E-state index contributed by atoms with van der Waals surface area (Å²) in [6.07, 6.45) is 0.000162. The van der Waals surface area contributed by atoms with Crippen LogP contribution in [0.25, 0.3) is 0 Å². The lowest BCUT2D eigenvalue weighted by molar-refractivity contribution is -0.156. The number of carbonyl (C=O) groups is 1. The minimum Gasteiger partial charge on any atom is -0.386 e. The lowest BCUT2D eigenvalue weighted by atomic mass is 9.95. The average molecular weight is 326 g/mol. The Hall–Kier alpha value is -1.31. The highest BCUT2D eigenvalue weighted by Gasteiger charge is 2.48. The third-order valence-corrected chi connectivity index (χ3v) is 3.58. The van der Waals surface area contributed by atoms with Crippen LogP contribution in [0.1, 0.15) is 20.8 Å². The molecule has 1 fully saturated rings. The van der Waals surface area contributed by atoms with E-state index in [1.54, 1.807) is 26.8 Å². The fraction of sp³-hybridized carbons (Fsp3) is 0.588. The molecule has 1 saturated heterocycles. The smallest absolute Gasteiger partial charge is 0.186 e. The van der Waals surface area contributed by atoms with Gasteiger partial charge in [0.2, 0.25) is 0 Å². The first-order valence-electron chi connectivity index (χ1n) is 7.36. The van der Waals surface area contributed by atoms with Crippen LogP contribution in [-0.4, -0.2) is 55.5 Å². The van der Waals surface area contributed by atoms with E-state index in [2.05, 4.69) is 13.2 Å². The number of carbonyl (C=O) groups excluding carboxylic acids is 1. The summed E-state index contributed by atoms with van der Waals surface area (Å²) in [4.78, 5) is 12.0. The van der Waals surface area contributed by atoms with Gasteiger partial charge in [-0.2, -0.15) is 0 Å². The summed E-state index contributed by atoms with van der Waals surface area (Å²) < 4.78 is 21.4. The maximum atomic E-state index is 12.0. The Kier molecular flexibility index (Phi) is 7.31. The van der Waals surface area contributed by atoms with Gasteiger partial charge in [0, 0.05) is 7.11 Å². The van der Waals surface area contributed by atoms with Crippen LogP contribution in [0.5, 0.6) is 0 Å². The van der Waals surface area contributed by atoms with Crippen molar-refractivity contribution in [3.05, 3.63) is 36.5 Å². The van der Waals surface area contributed by atoms with Gasteiger partial charge in [-0.25, -0.2) is 0 Å². The van der Waals surface area contributed by atoms with Gasteiger partial charge in [-0.05, 0) is 38.0 Å². The quantitative estimate of drug-likeness (QED) is 0.301. The molecule has 1 aliphatic rings. The molecule has 3 atom stereocenters. The van der Waals surface area contributed by atoms with E-state index >= 15 is 0 Å². The zero-order chi connectivity index (χ0) is 17.6. The molecule has 6 nitrogen and oxygen atoms in total. The van der Waals surface area contributed by atoms with Crippen LogP contribution in [0.2, 0.25) is 0 Å². The molecule has 1 heterocycles. The van der Waals surface area contributed by atoms with E-state index in [0.717, 1.165) is 0 Å². The third-order valence-electron chi connectivity index (χ3n) is 3.58. The number of hydrogen-bond acceptors (Lipinski definition) is 6. The van der Waals surface area contributed by atoms with Gasteiger partial charge in [0.05, 0.1) is 6.61 Å². The van der Waals surface area contributed by atoms with Crippen LogP contribution in [0.15, 0.2) is 36.5 Å². The minimum absolute atomic E-state index is 0.133. The van der Waals surface area contributed by atoms with Crippen LogP contribution < -0.4 is 0 Å². The fourth-order valence-electron chi connectivity index (χ4n) is 2.36. The first-order valence-corrected chi connectivity index (χ1v) is 7.36. The van der Waals surface area contributed by atoms with Crippen molar-refractivity contribution >= 4 is 5.78 Å². The maximum Gasteiger partial charge on any atom is 0.186 e. The van der Waals surface area contributed by atoms with Gasteiger partial charge in [0.25, 0.3) is 0 Å². The molecule has 0 bridgehead atoms. The second-order valence-electron chi connectivity index (χ2n) is 5.74. The van der Waals surface area contributed by atoms with E-state index in [-0.39, 0.29) is 19.2 Å². The number of hydrogen-bond donors (Lipinski definition) is 1. The Morgan fingerprint density at radius 1 is 1.35 bits per heavy atom. The molecule has 0 unspecified atom stereocenters. The fourth-order valence-corrected chi connectivity index (χ4v) is 2.36. The molecule has 0 radical (unpaired) electrons. The SMILES string of the molecule is C=CC(=O)[C@H]1OC(C)(C)O[C@H]1[C@H](O)/C(C)=C(/C=C)COCOC. The van der Waals surface area contributed by atoms with E-state index in [4.69, 9.17) is 18.9 Å². The Bertz CT molecular complexity index is 479. The molecular weight excluding hydrogens is 300 g/mol. The molecule has 0 aliphatic carbocycles. The van der Waals surface area contributed by atoms with Crippen molar-refractivity contribution in [2.45, 2.75) is 44.9 Å². The monoisotopic (exact) mass is 326 g/mol. The Morgan fingerprint density at radius 3 is 2.52 bits per heavy atom. The lowest BCUT2D eigenvalue weighted by Crippen LogP contribution is -2.40. The van der Waals surface area contributed by atoms with Crippen LogP contribution in [0.4, 0.5) is 0 Å². The van der Waals surface area contributed by atoms with Gasteiger partial charge < -0.3 is 24.1 Å². The molecule has 0 aromatic carbocycles. The average Bonchev–Trinajstić information content (AvgIpc) is 2.85. The highest BCUT2D eigenvalue weighted by molar-refractivity contribution is 5.93. The van der Waals surface area contributed by atoms with Crippen molar-refractivity contribution in [1.82, 2.24) is 0 Å². The molecule has 1 aliphatic heterocycles. The number of aliphatic hydroxyl groups excluding tert-OH is 1. The van der Waals surface area contributed by atoms with Gasteiger partial charge in [0.15, 0.2) is 17.7 Å². The normalized spacial score (nSPS) is 25.6. The Morgan fingerprint density at radius 2 is 2.00 bits per heavy atom. The highest BCUT2D eigenvalue weighted by atomic mass is 16.8. The largest absolute Gasteiger partial charge is 0.386 e. The van der Waals surface area contributed by atoms with Crippen LogP contribution >= 0.6 is 0 Å². The first-order chi connectivity index (χ1) is 10.8. The van der Waals surface area contributed by atoms with Gasteiger partial charge in [0.1, 0.15) is 19.0 Å². The van der Waals surface area contributed by atoms with Crippen molar-refractivity contribution in [2.24, 2.45) is 0 Å². The van der Waals surface area contributed by atoms with Crippen molar-refractivity contribution in [2.75, 3.05) is 20.5 Å². The maximum absolute atomic E-state index is 12.0. The number of ketones is 1. The van der Waals surface area contributed by atoms with Gasteiger partial charge in [-0.3, -0.25) is 4.79 Å². The predicted molar refractivity (Wildman–Crippen MR) is 85.8 cm³/mol. The molecular formula is C17H26O6. The molecule has 1 N–H and O–H groups in total. The molecule has 0 aromatic heterocycles. The van der Waals surface area contributed by atoms with Crippen LogP contribution in [0.3, 0.4) is 0 Å². The zero-order valence-corrected chi connectivity index (χ0v) is 14.2. The van der Waals surface area contributed by atoms with Crippen molar-refractivity contribution in [3.63, 3.8) is 0 Å². The van der Waals surface area contributed by atoms with Crippen molar-refractivity contribution in [3.8, 4) is 0 Å². The minimum atomic E-state index is -1.04. The third kappa shape index (κ3) is 5.09. The van der Waals surface area contributed by atoms with Crippen molar-refractivity contribution in [1.29, 1.82) is 0 Å². The molecule has 0 saturated carbocycles. The van der Waals surface area contributed by atoms with Crippen LogP contribution in [0, 0.1) is 0 Å². The molecule has 1 rings (SSSR count). The number of methoxy groups -OCH3 is 1. The van der Waals surface area contributed by atoms with Gasteiger partial charge in [-0.15, -0.1) is 0 Å². The van der Waals surface area contributed by atoms with Gasteiger partial charge >= 0.3 is 0 Å². The summed E-state index contributed by atoms with van der Waals surface area (Å²) >= 11 is 0. The second kappa shape index (κ2) is 8.52. The van der Waals surface area contributed by atoms with E-state index in [1.807, 2.05) is 0 Å². The summed E-state index contributed by atoms with van der Waals surface area (Å²) in [7, 11) is 1.52. The van der Waals surface area contributed by atoms with Crippen LogP contribution in [-0.2, 0) is 23.7 Å². The number of aliphatic hydroxyl groups is 1. The number of ether oxygens (including phenoxy) is 4. The van der Waals surface area contributed by atoms with Crippen molar-refractivity contribution < 1.29 is 28.8 Å². The highest BCUT2D eigenvalue weighted by Crippen LogP contribution is 2.33. The summed E-state index contributed by atoms with van der Waals surface area (Å²) in [5, 5.41) is 10.6. The molecule has 0 spiro atoms. The molecule has 23 heavy (non-hydrogen) atoms. The molecule has 6 heteroatoms. The lowest BCUT2D eigenvalue weighted by Gasteiger charge is -2.24. The molecule has 0 amide bonds. The molecule has 130 valence electrons. The van der Waals surface area contributed by atoms with Gasteiger partial charge in [-0.1, -0.05) is 19.2 Å². The van der Waals surface area contributed by atoms with E-state index in [9.17, 15) is 9.90 Å². The van der Waals surface area contributed by atoms with E-state index < -0.39 is 24.1 Å². The Labute approximate surface area is 137 Å². The summed E-state index contributed by atoms with van der Waals surface area (Å²) in [5.41, 5.74) is 1.30. The second-order valence-corrected chi connectivity index (χ2v) is 5.74. The van der Waals surface area contributed by atoms with E-state index in [0.29, 0.717) is 11.1 Å². The van der Waals surface area contributed by atoms with E-state index in [1.165, 1.54) is 13.2 Å². The summed E-state index contributed by atoms with van der Waals surface area (Å²) in [5.74, 6) is -1.29. The first kappa shape index (κ1) is 19.7. The molecule has 0 aromatic rings. The predicted octanol–water partition coefficient (Wildman–Crippen LogP) is 1.75. The Balaban J connectivity index is 2.98. The summed E-state index contributed by atoms with van der Waals surface area (Å²) in [6, 6.07) is 0. The number of rotatable bonds is 9. The zero-order valence-electron chi connectivity index (χ0n) is 14.2. The summed E-state index contributed by atoms with van der Waals surface area (Å²) in [6.45, 7) is 12.7. The topological polar surface area (TPSA) is 74.2 Å². The standard InChI is InChI=1S/C17H26O6/c1-7-12(9-21-10-20-6)11(3)14(19)16-15(13(18)8-2)22-17(4,5)23-16/h7-8,14-16,19H,1-2,9-10H2,3-6H3/b12-11-/t14-,15-,16+/m1/s1.